The molecule has 1 N–H and O–H groups in total. The number of hydrogen-bond acceptors (Lipinski definition) is 3. The number of carbonyl (C=O) groups is 2. The van der Waals surface area contributed by atoms with E-state index >= 15 is 0 Å². The Balaban J connectivity index is 1.39. The summed E-state index contributed by atoms with van der Waals surface area (Å²) in [4.78, 5) is 29.1. The summed E-state index contributed by atoms with van der Waals surface area (Å²) >= 11 is 0. The van der Waals surface area contributed by atoms with Gasteiger partial charge in [0.05, 0.1) is 5.69 Å². The van der Waals surface area contributed by atoms with Crippen molar-refractivity contribution < 1.29 is 9.59 Å². The second-order valence-electron chi connectivity index (χ2n) is 8.46. The van der Waals surface area contributed by atoms with Crippen LogP contribution in [0, 0.1) is 5.41 Å². The maximum absolute atomic E-state index is 12.9. The number of benzene rings is 1. The molecule has 2 amide bonds. The van der Waals surface area contributed by atoms with Gasteiger partial charge >= 0.3 is 0 Å². The first kappa shape index (κ1) is 18.7. The molecule has 2 aliphatic rings. The van der Waals surface area contributed by atoms with Gasteiger partial charge in [0.25, 0.3) is 5.91 Å². The second-order valence-corrected chi connectivity index (χ2v) is 8.46. The van der Waals surface area contributed by atoms with Crippen LogP contribution in [0.1, 0.15) is 49.9 Å². The molecule has 1 aromatic carbocycles. The first-order valence-corrected chi connectivity index (χ1v) is 10.2. The minimum absolute atomic E-state index is 0.0959. The van der Waals surface area contributed by atoms with Crippen LogP contribution in [-0.2, 0) is 4.79 Å². The van der Waals surface area contributed by atoms with Gasteiger partial charge in [-0.1, -0.05) is 12.1 Å². The molecular formula is C22H28N4O2. The van der Waals surface area contributed by atoms with E-state index in [9.17, 15) is 9.59 Å². The predicted molar refractivity (Wildman–Crippen MR) is 108 cm³/mol. The third-order valence-electron chi connectivity index (χ3n) is 6.37. The number of H-pyrrole nitrogens is 1. The number of amides is 2. The molecule has 6 heteroatoms. The molecule has 0 bridgehead atoms. The summed E-state index contributed by atoms with van der Waals surface area (Å²) in [5.74, 6) is 0.370. The SMILES string of the molecule is CC(C)N1CC2(CCC1=O)CCN(C(=O)c1ccc(-c3ccn[nH]3)cc1)CC2. The van der Waals surface area contributed by atoms with Crippen LogP contribution in [0.2, 0.25) is 0 Å². The van der Waals surface area contributed by atoms with Crippen molar-refractivity contribution in [1.82, 2.24) is 20.0 Å². The number of rotatable bonds is 3. The number of hydrogen-bond donors (Lipinski definition) is 1. The lowest BCUT2D eigenvalue weighted by atomic mass is 9.72. The summed E-state index contributed by atoms with van der Waals surface area (Å²) in [5.41, 5.74) is 2.87. The Morgan fingerprint density at radius 3 is 2.43 bits per heavy atom. The molecule has 2 fully saturated rings. The Kier molecular flexibility index (Phi) is 4.96. The molecule has 2 aromatic rings. The third kappa shape index (κ3) is 3.55. The van der Waals surface area contributed by atoms with Crippen molar-refractivity contribution in [1.29, 1.82) is 0 Å². The van der Waals surface area contributed by atoms with E-state index in [1.165, 1.54) is 0 Å². The minimum Gasteiger partial charge on any atom is -0.340 e. The Labute approximate surface area is 165 Å². The lowest BCUT2D eigenvalue weighted by Crippen LogP contribution is -2.54. The molecule has 0 aliphatic carbocycles. The van der Waals surface area contributed by atoms with Crippen LogP contribution >= 0.6 is 0 Å². The molecule has 3 heterocycles. The zero-order valence-electron chi connectivity index (χ0n) is 16.6. The van der Waals surface area contributed by atoms with E-state index in [0.717, 1.165) is 55.7 Å². The summed E-state index contributed by atoms with van der Waals surface area (Å²) in [5, 5.41) is 6.91. The van der Waals surface area contributed by atoms with Gasteiger partial charge < -0.3 is 9.80 Å². The van der Waals surface area contributed by atoms with Gasteiger partial charge in [-0.2, -0.15) is 5.10 Å². The van der Waals surface area contributed by atoms with E-state index in [1.807, 2.05) is 40.1 Å². The van der Waals surface area contributed by atoms with Crippen molar-refractivity contribution >= 4 is 11.8 Å². The molecule has 1 spiro atoms. The second kappa shape index (κ2) is 7.41. The van der Waals surface area contributed by atoms with E-state index in [1.54, 1.807) is 6.20 Å². The minimum atomic E-state index is 0.0959. The highest BCUT2D eigenvalue weighted by Crippen LogP contribution is 2.41. The van der Waals surface area contributed by atoms with Crippen LogP contribution in [0.5, 0.6) is 0 Å². The molecule has 0 unspecified atom stereocenters. The number of aromatic nitrogens is 2. The summed E-state index contributed by atoms with van der Waals surface area (Å²) in [7, 11) is 0. The quantitative estimate of drug-likeness (QED) is 0.888. The van der Waals surface area contributed by atoms with Crippen molar-refractivity contribution in [3.8, 4) is 11.3 Å². The van der Waals surface area contributed by atoms with E-state index in [4.69, 9.17) is 0 Å². The molecule has 0 atom stereocenters. The summed E-state index contributed by atoms with van der Waals surface area (Å²) < 4.78 is 0. The topological polar surface area (TPSA) is 69.3 Å². The van der Waals surface area contributed by atoms with Crippen LogP contribution in [0.25, 0.3) is 11.3 Å². The molecule has 2 aliphatic heterocycles. The van der Waals surface area contributed by atoms with E-state index in [-0.39, 0.29) is 23.3 Å². The van der Waals surface area contributed by atoms with Gasteiger partial charge in [0.15, 0.2) is 0 Å². The van der Waals surface area contributed by atoms with Crippen molar-refractivity contribution in [2.45, 2.75) is 45.6 Å². The lowest BCUT2D eigenvalue weighted by molar-refractivity contribution is -0.141. The smallest absolute Gasteiger partial charge is 0.253 e. The zero-order valence-corrected chi connectivity index (χ0v) is 16.6. The molecule has 1 aromatic heterocycles. The Morgan fingerprint density at radius 2 is 1.82 bits per heavy atom. The molecule has 2 saturated heterocycles. The van der Waals surface area contributed by atoms with Crippen LogP contribution in [0.3, 0.4) is 0 Å². The van der Waals surface area contributed by atoms with Gasteiger partial charge in [-0.05, 0) is 62.3 Å². The number of piperidine rings is 2. The van der Waals surface area contributed by atoms with Gasteiger partial charge in [-0.25, -0.2) is 0 Å². The van der Waals surface area contributed by atoms with E-state index < -0.39 is 0 Å². The number of nitrogens with zero attached hydrogens (tertiary/aromatic N) is 3. The molecule has 28 heavy (non-hydrogen) atoms. The van der Waals surface area contributed by atoms with E-state index in [0.29, 0.717) is 6.42 Å². The van der Waals surface area contributed by atoms with Gasteiger partial charge in [-0.15, -0.1) is 0 Å². The molecule has 4 rings (SSSR count). The van der Waals surface area contributed by atoms with Crippen LogP contribution in [0.4, 0.5) is 0 Å². The highest BCUT2D eigenvalue weighted by Gasteiger charge is 2.42. The van der Waals surface area contributed by atoms with Gasteiger partial charge in [-0.3, -0.25) is 14.7 Å². The summed E-state index contributed by atoms with van der Waals surface area (Å²) in [6.07, 6.45) is 5.26. The van der Waals surface area contributed by atoms with Crippen LogP contribution in [-0.4, -0.2) is 57.5 Å². The monoisotopic (exact) mass is 380 g/mol. The average Bonchev–Trinajstić information content (AvgIpc) is 3.25. The number of likely N-dealkylation sites (tertiary alicyclic amines) is 2. The zero-order chi connectivity index (χ0) is 19.7. The van der Waals surface area contributed by atoms with Gasteiger partial charge in [0.2, 0.25) is 5.91 Å². The Hall–Kier alpha value is -2.63. The maximum atomic E-state index is 12.9. The van der Waals surface area contributed by atoms with Crippen molar-refractivity contribution in [3.63, 3.8) is 0 Å². The standard InChI is InChI=1S/C22H28N4O2/c1-16(2)26-15-22(9-7-20(26)27)10-13-25(14-11-22)21(28)18-5-3-17(4-6-18)19-8-12-23-24-19/h3-6,8,12,16H,7,9-11,13-15H2,1-2H3,(H,23,24). The Bertz CT molecular complexity index is 834. The van der Waals surface area contributed by atoms with Crippen LogP contribution in [0.15, 0.2) is 36.5 Å². The summed E-state index contributed by atoms with van der Waals surface area (Å²) in [6.45, 7) is 6.54. The molecule has 6 nitrogen and oxygen atoms in total. The highest BCUT2D eigenvalue weighted by molar-refractivity contribution is 5.94. The Morgan fingerprint density at radius 1 is 1.11 bits per heavy atom. The van der Waals surface area contributed by atoms with Crippen molar-refractivity contribution in [2.24, 2.45) is 5.41 Å². The molecule has 0 radical (unpaired) electrons. The predicted octanol–water partition coefficient (Wildman–Crippen LogP) is 3.33. The largest absolute Gasteiger partial charge is 0.340 e. The van der Waals surface area contributed by atoms with Crippen molar-refractivity contribution in [3.05, 3.63) is 42.1 Å². The molecular weight excluding hydrogens is 352 g/mol. The average molecular weight is 380 g/mol. The van der Waals surface area contributed by atoms with Gasteiger partial charge in [0.1, 0.15) is 0 Å². The fourth-order valence-corrected chi connectivity index (χ4v) is 4.50. The maximum Gasteiger partial charge on any atom is 0.253 e. The van der Waals surface area contributed by atoms with Crippen molar-refractivity contribution in [2.75, 3.05) is 19.6 Å². The fraction of sp³-hybridized carbons (Fsp3) is 0.500. The number of aromatic amines is 1. The number of nitrogens with one attached hydrogen (secondary N) is 1. The highest BCUT2D eigenvalue weighted by atomic mass is 16.2. The molecule has 148 valence electrons. The first-order chi connectivity index (χ1) is 13.5. The third-order valence-corrected chi connectivity index (χ3v) is 6.37. The number of carbonyl (C=O) groups excluding carboxylic acids is 2. The fourth-order valence-electron chi connectivity index (χ4n) is 4.50. The summed E-state index contributed by atoms with van der Waals surface area (Å²) in [6, 6.07) is 9.86. The van der Waals surface area contributed by atoms with Crippen LogP contribution < -0.4 is 0 Å². The normalized spacial score (nSPS) is 19.5. The first-order valence-electron chi connectivity index (χ1n) is 10.2. The lowest BCUT2D eigenvalue weighted by Gasteiger charge is -2.48. The van der Waals surface area contributed by atoms with E-state index in [2.05, 4.69) is 24.0 Å². The molecule has 0 saturated carbocycles. The van der Waals surface area contributed by atoms with Gasteiger partial charge in [0, 0.05) is 43.9 Å².